The fraction of sp³-hybridized carbons (Fsp3) is 0.320. The van der Waals surface area contributed by atoms with Gasteiger partial charge in [-0.2, -0.15) is 0 Å². The van der Waals surface area contributed by atoms with Crippen LogP contribution in [0.3, 0.4) is 0 Å². The highest BCUT2D eigenvalue weighted by atomic mass is 32.1. The van der Waals surface area contributed by atoms with Crippen molar-refractivity contribution in [2.24, 2.45) is 5.92 Å². The first kappa shape index (κ1) is 23.7. The molecule has 9 heteroatoms. The zero-order chi connectivity index (χ0) is 24.1. The summed E-state index contributed by atoms with van der Waals surface area (Å²) in [5.74, 6) is -1.26. The molecule has 0 bridgehead atoms. The largest absolute Gasteiger partial charge is 0.490 e. The minimum absolute atomic E-state index is 0.0150. The highest BCUT2D eigenvalue weighted by Crippen LogP contribution is 2.28. The van der Waals surface area contributed by atoms with Gasteiger partial charge >= 0.3 is 5.97 Å². The molecule has 0 spiro atoms. The van der Waals surface area contributed by atoms with Crippen molar-refractivity contribution in [1.29, 1.82) is 0 Å². The van der Waals surface area contributed by atoms with Crippen LogP contribution in [-0.4, -0.2) is 42.1 Å². The van der Waals surface area contributed by atoms with Crippen LogP contribution in [0.15, 0.2) is 48.5 Å². The van der Waals surface area contributed by atoms with Crippen molar-refractivity contribution in [2.75, 3.05) is 13.1 Å². The fourth-order valence-electron chi connectivity index (χ4n) is 3.96. The molecule has 1 saturated carbocycles. The lowest BCUT2D eigenvalue weighted by Crippen LogP contribution is -2.34. The minimum atomic E-state index is -0.745. The van der Waals surface area contributed by atoms with E-state index < -0.39 is 5.97 Å². The Kier molecular flexibility index (Phi) is 7.42. The number of aliphatic carboxylic acids is 1. The Morgan fingerprint density at radius 1 is 0.941 bits per heavy atom. The topological polar surface area (TPSA) is 105 Å². The smallest absolute Gasteiger partial charge is 0.306 e. The average molecular weight is 485 g/mol. The lowest BCUT2D eigenvalue weighted by Gasteiger charge is -2.26. The number of carbonyl (C=O) groups is 3. The molecule has 34 heavy (non-hydrogen) atoms. The van der Waals surface area contributed by atoms with Crippen LogP contribution < -0.4 is 15.4 Å². The van der Waals surface area contributed by atoms with E-state index in [1.54, 1.807) is 36.4 Å². The Morgan fingerprint density at radius 2 is 1.62 bits per heavy atom. The molecule has 0 radical (unpaired) electrons. The number of ether oxygens (including phenoxy) is 1. The number of amides is 2. The summed E-state index contributed by atoms with van der Waals surface area (Å²) in [5.41, 5.74) is 0.472. The molecule has 1 fully saturated rings. The third kappa shape index (κ3) is 5.91. The molecule has 1 aliphatic rings. The minimum Gasteiger partial charge on any atom is -0.490 e. The van der Waals surface area contributed by atoms with Gasteiger partial charge in [-0.1, -0.05) is 6.07 Å². The van der Waals surface area contributed by atoms with E-state index in [0.29, 0.717) is 46.6 Å². The van der Waals surface area contributed by atoms with Crippen LogP contribution in [0.4, 0.5) is 4.39 Å². The van der Waals surface area contributed by atoms with Crippen LogP contribution in [0, 0.1) is 11.7 Å². The van der Waals surface area contributed by atoms with E-state index in [-0.39, 0.29) is 42.7 Å². The molecule has 0 saturated heterocycles. The summed E-state index contributed by atoms with van der Waals surface area (Å²) in [7, 11) is 0. The maximum Gasteiger partial charge on any atom is 0.306 e. The molecular weight excluding hydrogens is 459 g/mol. The fourth-order valence-corrected chi connectivity index (χ4v) is 4.97. The second-order valence-corrected chi connectivity index (χ2v) is 9.34. The lowest BCUT2D eigenvalue weighted by atomic mass is 9.87. The van der Waals surface area contributed by atoms with Gasteiger partial charge in [0.05, 0.1) is 16.9 Å². The van der Waals surface area contributed by atoms with Gasteiger partial charge in [0.15, 0.2) is 0 Å². The number of carboxylic acid groups (broad SMARTS) is 1. The number of hydrogen-bond donors (Lipinski definition) is 3. The maximum absolute atomic E-state index is 13.3. The first-order valence-electron chi connectivity index (χ1n) is 11.1. The van der Waals surface area contributed by atoms with Gasteiger partial charge in [-0.25, -0.2) is 4.39 Å². The van der Waals surface area contributed by atoms with E-state index in [0.717, 1.165) is 5.39 Å². The van der Waals surface area contributed by atoms with Gasteiger partial charge in [0.25, 0.3) is 11.8 Å². The van der Waals surface area contributed by atoms with Gasteiger partial charge in [0.1, 0.15) is 11.6 Å². The Balaban J connectivity index is 1.19. The maximum atomic E-state index is 13.3. The number of halogens is 1. The van der Waals surface area contributed by atoms with Crippen molar-refractivity contribution in [1.82, 2.24) is 10.6 Å². The van der Waals surface area contributed by atoms with Gasteiger partial charge < -0.3 is 20.5 Å². The predicted octanol–water partition coefficient (Wildman–Crippen LogP) is 4.22. The summed E-state index contributed by atoms with van der Waals surface area (Å²) in [6.45, 7) is 0.516. The van der Waals surface area contributed by atoms with Crippen LogP contribution in [0.1, 0.15) is 45.7 Å². The van der Waals surface area contributed by atoms with E-state index in [4.69, 9.17) is 9.84 Å². The zero-order valence-corrected chi connectivity index (χ0v) is 19.2. The third-order valence-electron chi connectivity index (χ3n) is 5.84. The normalized spacial score (nSPS) is 17.8. The zero-order valence-electron chi connectivity index (χ0n) is 18.4. The Hall–Kier alpha value is -3.46. The second kappa shape index (κ2) is 10.6. The molecule has 0 aliphatic heterocycles. The molecule has 3 N–H and O–H groups in total. The number of thiophene rings is 1. The Labute approximate surface area is 199 Å². The summed E-state index contributed by atoms with van der Waals surface area (Å²) in [6.07, 6.45) is 2.60. The number of rotatable bonds is 8. The van der Waals surface area contributed by atoms with Crippen LogP contribution in [0.2, 0.25) is 0 Å². The number of carbonyl (C=O) groups excluding carboxylic acids is 2. The standard InChI is InChI=1S/C25H25FN2O5S/c26-18-6-1-17-13-22(34-21(17)14-18)24(30)28-12-11-27-23(29)15-2-7-19(8-3-15)33-20-9-4-16(5-10-20)25(31)32/h1-3,6-8,13-14,16,20H,4-5,9-12H2,(H,27,29)(H,28,30)(H,31,32)/t16-,20+. The number of carboxylic acids is 1. The van der Waals surface area contributed by atoms with Crippen molar-refractivity contribution in [3.05, 3.63) is 64.8 Å². The van der Waals surface area contributed by atoms with Crippen LogP contribution in [-0.2, 0) is 4.79 Å². The molecule has 0 unspecified atom stereocenters. The number of nitrogens with one attached hydrogen (secondary N) is 2. The van der Waals surface area contributed by atoms with Crippen molar-refractivity contribution in [3.63, 3.8) is 0 Å². The third-order valence-corrected chi connectivity index (χ3v) is 6.94. The van der Waals surface area contributed by atoms with Crippen LogP contribution in [0.5, 0.6) is 5.75 Å². The van der Waals surface area contributed by atoms with Gasteiger partial charge in [0.2, 0.25) is 0 Å². The first-order valence-corrected chi connectivity index (χ1v) is 12.0. The van der Waals surface area contributed by atoms with Gasteiger partial charge in [-0.15, -0.1) is 11.3 Å². The summed E-state index contributed by atoms with van der Waals surface area (Å²) in [5, 5.41) is 15.4. The lowest BCUT2D eigenvalue weighted by molar-refractivity contribution is -0.143. The molecule has 4 rings (SSSR count). The quantitative estimate of drug-likeness (QED) is 0.415. The molecule has 2 amide bonds. The van der Waals surface area contributed by atoms with Crippen LogP contribution in [0.25, 0.3) is 10.1 Å². The summed E-state index contributed by atoms with van der Waals surface area (Å²) in [6, 6.07) is 12.9. The second-order valence-electron chi connectivity index (χ2n) is 8.26. The number of fused-ring (bicyclic) bond motifs is 1. The molecule has 7 nitrogen and oxygen atoms in total. The molecule has 178 valence electrons. The predicted molar refractivity (Wildman–Crippen MR) is 127 cm³/mol. The van der Waals surface area contributed by atoms with Crippen molar-refractivity contribution in [3.8, 4) is 5.75 Å². The Bertz CT molecular complexity index is 1190. The van der Waals surface area contributed by atoms with E-state index in [1.807, 2.05) is 0 Å². The van der Waals surface area contributed by atoms with Gasteiger partial charge in [-0.05, 0) is 73.5 Å². The molecule has 2 aromatic carbocycles. The summed E-state index contributed by atoms with van der Waals surface area (Å²) >= 11 is 1.22. The van der Waals surface area contributed by atoms with Crippen LogP contribution >= 0.6 is 11.3 Å². The SMILES string of the molecule is O=C(NCCNC(=O)c1cc2ccc(F)cc2s1)c1ccc(O[C@H]2CC[C@@H](C(=O)O)CC2)cc1. The highest BCUT2D eigenvalue weighted by molar-refractivity contribution is 7.20. The first-order chi connectivity index (χ1) is 16.4. The van der Waals surface area contributed by atoms with Crippen molar-refractivity contribution >= 4 is 39.2 Å². The van der Waals surface area contributed by atoms with Gasteiger partial charge in [0, 0.05) is 23.4 Å². The molecule has 0 atom stereocenters. The molecule has 1 aliphatic carbocycles. The van der Waals surface area contributed by atoms with Gasteiger partial charge in [-0.3, -0.25) is 14.4 Å². The molecule has 1 aromatic heterocycles. The number of benzene rings is 2. The molecule has 3 aromatic rings. The highest BCUT2D eigenvalue weighted by Gasteiger charge is 2.26. The van der Waals surface area contributed by atoms with E-state index in [2.05, 4.69) is 10.6 Å². The molecule has 1 heterocycles. The number of hydrogen-bond acceptors (Lipinski definition) is 5. The van der Waals surface area contributed by atoms with E-state index >= 15 is 0 Å². The van der Waals surface area contributed by atoms with Crippen molar-refractivity contribution < 1.29 is 28.6 Å². The Morgan fingerprint density at radius 3 is 2.29 bits per heavy atom. The van der Waals surface area contributed by atoms with Crippen molar-refractivity contribution in [2.45, 2.75) is 31.8 Å². The van der Waals surface area contributed by atoms with E-state index in [1.165, 1.54) is 23.5 Å². The summed E-state index contributed by atoms with van der Waals surface area (Å²) in [4.78, 5) is 36.2. The summed E-state index contributed by atoms with van der Waals surface area (Å²) < 4.78 is 19.9. The average Bonchev–Trinajstić information content (AvgIpc) is 3.26. The monoisotopic (exact) mass is 484 g/mol. The van der Waals surface area contributed by atoms with E-state index in [9.17, 15) is 18.8 Å². The molecular formula is C25H25FN2O5S.